The van der Waals surface area contributed by atoms with Gasteiger partial charge in [0.05, 0.1) is 6.61 Å². The van der Waals surface area contributed by atoms with Gasteiger partial charge in [0.2, 0.25) is 0 Å². The molecule has 3 nitrogen and oxygen atoms in total. The zero-order chi connectivity index (χ0) is 15.2. The maximum absolute atomic E-state index is 12.8. The Morgan fingerprint density at radius 3 is 2.95 bits per heavy atom. The lowest BCUT2D eigenvalue weighted by Crippen LogP contribution is -2.42. The number of hydrogen-bond donors (Lipinski definition) is 1. The molecule has 0 spiro atoms. The molecule has 1 fully saturated rings. The van der Waals surface area contributed by atoms with E-state index in [4.69, 9.17) is 5.11 Å². The molecule has 3 heteroatoms. The molecule has 0 aliphatic carbocycles. The Bertz CT molecular complexity index is 568. The van der Waals surface area contributed by atoms with Gasteiger partial charge in [-0.2, -0.15) is 0 Å². The van der Waals surface area contributed by atoms with E-state index < -0.39 is 0 Å². The minimum absolute atomic E-state index is 0.0654. The molecule has 0 radical (unpaired) electrons. The number of aliphatic hydroxyl groups is 1. The third-order valence-electron chi connectivity index (χ3n) is 4.09. The second-order valence-corrected chi connectivity index (χ2v) is 5.60. The third-order valence-corrected chi connectivity index (χ3v) is 4.09. The molecule has 2 rings (SSSR count). The van der Waals surface area contributed by atoms with Crippen LogP contribution in [-0.2, 0) is 0 Å². The highest BCUT2D eigenvalue weighted by molar-refractivity contribution is 5.96. The van der Waals surface area contributed by atoms with E-state index in [0.717, 1.165) is 36.1 Å². The Hall–Kier alpha value is -1.79. The van der Waals surface area contributed by atoms with Crippen LogP contribution in [0.2, 0.25) is 0 Å². The molecule has 1 amide bonds. The molecule has 1 atom stereocenters. The van der Waals surface area contributed by atoms with Crippen molar-refractivity contribution in [1.82, 2.24) is 4.90 Å². The molecule has 1 aromatic rings. The van der Waals surface area contributed by atoms with Gasteiger partial charge in [0.1, 0.15) is 0 Å². The normalized spacial score (nSPS) is 18.0. The number of hydrogen-bond acceptors (Lipinski definition) is 2. The maximum Gasteiger partial charge on any atom is 0.254 e. The van der Waals surface area contributed by atoms with E-state index in [-0.39, 0.29) is 12.5 Å². The fraction of sp³-hybridized carbons (Fsp3) is 0.500. The number of aliphatic hydroxyl groups excluding tert-OH is 1. The average molecular weight is 285 g/mol. The lowest BCUT2D eigenvalue weighted by Gasteiger charge is -2.33. The summed E-state index contributed by atoms with van der Waals surface area (Å²) in [5.74, 6) is 6.08. The molecule has 21 heavy (non-hydrogen) atoms. The van der Waals surface area contributed by atoms with Crippen molar-refractivity contribution in [3.05, 3.63) is 34.9 Å². The summed E-state index contributed by atoms with van der Waals surface area (Å²) in [6.45, 7) is 4.98. The Morgan fingerprint density at radius 1 is 1.43 bits per heavy atom. The van der Waals surface area contributed by atoms with Crippen molar-refractivity contribution < 1.29 is 9.90 Å². The Morgan fingerprint density at radius 2 is 2.24 bits per heavy atom. The van der Waals surface area contributed by atoms with Crippen LogP contribution in [-0.4, -0.2) is 35.1 Å². The molecule has 0 aromatic heterocycles. The number of piperidine rings is 1. The van der Waals surface area contributed by atoms with Gasteiger partial charge in [-0.05, 0) is 50.8 Å². The average Bonchev–Trinajstić information content (AvgIpc) is 2.49. The fourth-order valence-corrected chi connectivity index (χ4v) is 2.77. The summed E-state index contributed by atoms with van der Waals surface area (Å²) in [6, 6.07) is 6.01. The summed E-state index contributed by atoms with van der Waals surface area (Å²) in [5, 5.41) is 8.79. The molecule has 1 aromatic carbocycles. The predicted molar refractivity (Wildman–Crippen MR) is 84.1 cm³/mol. The molecule has 112 valence electrons. The molecule has 1 unspecified atom stereocenters. The molecule has 1 aliphatic rings. The van der Waals surface area contributed by atoms with Gasteiger partial charge in [-0.25, -0.2) is 0 Å². The van der Waals surface area contributed by atoms with Crippen LogP contribution in [0, 0.1) is 18.8 Å². The van der Waals surface area contributed by atoms with E-state index in [0.29, 0.717) is 12.5 Å². The number of likely N-dealkylation sites (tertiary alicyclic amines) is 1. The van der Waals surface area contributed by atoms with E-state index in [1.54, 1.807) is 0 Å². The van der Waals surface area contributed by atoms with Crippen molar-refractivity contribution in [2.45, 2.75) is 45.6 Å². The minimum atomic E-state index is 0.0654. The lowest BCUT2D eigenvalue weighted by atomic mass is 9.98. The first-order valence-electron chi connectivity index (χ1n) is 7.65. The molecule has 0 saturated carbocycles. The summed E-state index contributed by atoms with van der Waals surface area (Å²) in [4.78, 5) is 14.7. The van der Waals surface area contributed by atoms with Gasteiger partial charge in [-0.1, -0.05) is 17.9 Å². The van der Waals surface area contributed by atoms with Gasteiger partial charge >= 0.3 is 0 Å². The van der Waals surface area contributed by atoms with Gasteiger partial charge < -0.3 is 10.0 Å². The van der Waals surface area contributed by atoms with Crippen molar-refractivity contribution in [2.75, 3.05) is 13.2 Å². The first-order valence-corrected chi connectivity index (χ1v) is 7.65. The van der Waals surface area contributed by atoms with Crippen LogP contribution in [0.4, 0.5) is 0 Å². The SMILES string of the molecule is Cc1c(C#CCCO)cccc1C(=O)N1CCCCC1C. The van der Waals surface area contributed by atoms with Crippen molar-refractivity contribution in [3.8, 4) is 11.8 Å². The monoisotopic (exact) mass is 285 g/mol. The van der Waals surface area contributed by atoms with Crippen molar-refractivity contribution in [2.24, 2.45) is 0 Å². The molecule has 1 N–H and O–H groups in total. The van der Waals surface area contributed by atoms with E-state index in [1.807, 2.05) is 30.0 Å². The highest BCUT2D eigenvalue weighted by Gasteiger charge is 2.25. The van der Waals surface area contributed by atoms with Crippen LogP contribution in [0.1, 0.15) is 54.1 Å². The minimum Gasteiger partial charge on any atom is -0.395 e. The lowest BCUT2D eigenvalue weighted by molar-refractivity contribution is 0.0635. The molecule has 0 bridgehead atoms. The zero-order valence-electron chi connectivity index (χ0n) is 12.9. The van der Waals surface area contributed by atoms with Crippen LogP contribution in [0.25, 0.3) is 0 Å². The molecular weight excluding hydrogens is 262 g/mol. The third kappa shape index (κ3) is 3.65. The van der Waals surface area contributed by atoms with E-state index in [9.17, 15) is 4.79 Å². The summed E-state index contributed by atoms with van der Waals surface area (Å²) in [7, 11) is 0. The number of carbonyl (C=O) groups excluding carboxylic acids is 1. The standard InChI is InChI=1S/C18H23NO2/c1-14-8-3-5-12-19(14)18(21)17-11-7-10-16(15(17)2)9-4-6-13-20/h7,10-11,14,20H,3,5-6,8,12-13H2,1-2H3. The van der Waals surface area contributed by atoms with Crippen LogP contribution >= 0.6 is 0 Å². The Labute approximate surface area is 127 Å². The van der Waals surface area contributed by atoms with Crippen molar-refractivity contribution in [1.29, 1.82) is 0 Å². The molecular formula is C18H23NO2. The highest BCUT2D eigenvalue weighted by Crippen LogP contribution is 2.22. The topological polar surface area (TPSA) is 40.5 Å². The highest BCUT2D eigenvalue weighted by atomic mass is 16.2. The van der Waals surface area contributed by atoms with Gasteiger partial charge in [0, 0.05) is 30.1 Å². The predicted octanol–water partition coefficient (Wildman–Crippen LogP) is 2.74. The van der Waals surface area contributed by atoms with E-state index in [2.05, 4.69) is 18.8 Å². The Kier molecular flexibility index (Phi) is 5.41. The number of nitrogens with zero attached hydrogens (tertiary/aromatic N) is 1. The van der Waals surface area contributed by atoms with E-state index >= 15 is 0 Å². The van der Waals surface area contributed by atoms with Gasteiger partial charge in [-0.15, -0.1) is 0 Å². The van der Waals surface area contributed by atoms with E-state index in [1.165, 1.54) is 6.42 Å². The largest absolute Gasteiger partial charge is 0.395 e. The summed E-state index contributed by atoms with van der Waals surface area (Å²) in [6.07, 6.45) is 3.84. The number of benzene rings is 1. The van der Waals surface area contributed by atoms with Gasteiger partial charge in [0.25, 0.3) is 5.91 Å². The van der Waals surface area contributed by atoms with Crippen LogP contribution in [0.3, 0.4) is 0 Å². The second-order valence-electron chi connectivity index (χ2n) is 5.60. The van der Waals surface area contributed by atoms with Crippen LogP contribution in [0.5, 0.6) is 0 Å². The van der Waals surface area contributed by atoms with Crippen LogP contribution < -0.4 is 0 Å². The first kappa shape index (κ1) is 15.6. The summed E-state index contributed by atoms with van der Waals surface area (Å²) in [5.41, 5.74) is 2.56. The van der Waals surface area contributed by atoms with Crippen LogP contribution in [0.15, 0.2) is 18.2 Å². The fourth-order valence-electron chi connectivity index (χ4n) is 2.77. The summed E-state index contributed by atoms with van der Waals surface area (Å²) >= 11 is 0. The number of rotatable bonds is 2. The molecule has 1 heterocycles. The summed E-state index contributed by atoms with van der Waals surface area (Å²) < 4.78 is 0. The quantitative estimate of drug-likeness (QED) is 0.849. The number of amides is 1. The van der Waals surface area contributed by atoms with Gasteiger partial charge in [-0.3, -0.25) is 4.79 Å². The molecule has 1 aliphatic heterocycles. The Balaban J connectivity index is 2.25. The second kappa shape index (κ2) is 7.28. The first-order chi connectivity index (χ1) is 10.1. The zero-order valence-corrected chi connectivity index (χ0v) is 12.9. The van der Waals surface area contributed by atoms with Gasteiger partial charge in [0.15, 0.2) is 0 Å². The molecule has 1 saturated heterocycles. The maximum atomic E-state index is 12.8. The smallest absolute Gasteiger partial charge is 0.254 e. The van der Waals surface area contributed by atoms with Crippen molar-refractivity contribution >= 4 is 5.91 Å². The van der Waals surface area contributed by atoms with Crippen molar-refractivity contribution in [3.63, 3.8) is 0 Å². The number of carbonyl (C=O) groups is 1.